The number of hydrogen-bond donors (Lipinski definition) is 1. The maximum Gasteiger partial charge on any atom is 0.295 e. The lowest BCUT2D eigenvalue weighted by molar-refractivity contribution is -0.384. The summed E-state index contributed by atoms with van der Waals surface area (Å²) in [7, 11) is 0. The number of ether oxygens (including phenoxy) is 1. The molecular formula is C18H20FN3O3. The van der Waals surface area contributed by atoms with Gasteiger partial charge in [0, 0.05) is 26.2 Å². The maximum absolute atomic E-state index is 13.2. The van der Waals surface area contributed by atoms with Crippen molar-refractivity contribution in [2.45, 2.75) is 13.1 Å². The van der Waals surface area contributed by atoms with Crippen molar-refractivity contribution in [3.8, 4) is 0 Å². The van der Waals surface area contributed by atoms with Gasteiger partial charge in [0.1, 0.15) is 11.5 Å². The van der Waals surface area contributed by atoms with E-state index in [4.69, 9.17) is 4.74 Å². The number of nitrogens with one attached hydrogen (secondary N) is 1. The highest BCUT2D eigenvalue weighted by atomic mass is 19.1. The molecular weight excluding hydrogens is 325 g/mol. The zero-order chi connectivity index (χ0) is 17.6. The van der Waals surface area contributed by atoms with E-state index < -0.39 is 10.7 Å². The van der Waals surface area contributed by atoms with Crippen molar-refractivity contribution in [1.29, 1.82) is 0 Å². The van der Waals surface area contributed by atoms with Gasteiger partial charge in [-0.2, -0.15) is 0 Å². The molecule has 3 rings (SSSR count). The monoisotopic (exact) mass is 345 g/mol. The van der Waals surface area contributed by atoms with Crippen molar-refractivity contribution in [3.63, 3.8) is 0 Å². The van der Waals surface area contributed by atoms with Crippen LogP contribution in [0.3, 0.4) is 0 Å². The molecule has 25 heavy (non-hydrogen) atoms. The molecule has 1 heterocycles. The molecule has 1 fully saturated rings. The summed E-state index contributed by atoms with van der Waals surface area (Å²) < 4.78 is 18.6. The van der Waals surface area contributed by atoms with Gasteiger partial charge in [-0.05, 0) is 23.3 Å². The zero-order valence-corrected chi connectivity index (χ0v) is 13.8. The Balaban J connectivity index is 1.72. The molecule has 1 aliphatic rings. The largest absolute Gasteiger partial charge is 0.379 e. The molecule has 0 bridgehead atoms. The Hall–Kier alpha value is -2.51. The molecule has 0 spiro atoms. The minimum absolute atomic E-state index is 0.259. The van der Waals surface area contributed by atoms with E-state index >= 15 is 0 Å². The smallest absolute Gasteiger partial charge is 0.295 e. The van der Waals surface area contributed by atoms with Gasteiger partial charge in [0.15, 0.2) is 0 Å². The van der Waals surface area contributed by atoms with Gasteiger partial charge in [-0.25, -0.2) is 4.39 Å². The third-order valence-electron chi connectivity index (χ3n) is 4.24. The number of anilines is 1. The third kappa shape index (κ3) is 4.52. The van der Waals surface area contributed by atoms with Gasteiger partial charge in [0.25, 0.3) is 5.69 Å². The molecule has 6 nitrogen and oxygen atoms in total. The molecule has 0 radical (unpaired) electrons. The average Bonchev–Trinajstić information content (AvgIpc) is 2.62. The van der Waals surface area contributed by atoms with Gasteiger partial charge < -0.3 is 10.1 Å². The number of benzene rings is 2. The first-order valence-corrected chi connectivity index (χ1v) is 8.18. The van der Waals surface area contributed by atoms with Crippen molar-refractivity contribution < 1.29 is 14.1 Å². The molecule has 2 aromatic rings. The second-order valence-electron chi connectivity index (χ2n) is 5.93. The van der Waals surface area contributed by atoms with Crippen LogP contribution in [0.15, 0.2) is 42.5 Å². The van der Waals surface area contributed by atoms with E-state index in [1.807, 2.05) is 18.2 Å². The van der Waals surface area contributed by atoms with Crippen LogP contribution in [0.25, 0.3) is 0 Å². The van der Waals surface area contributed by atoms with Crippen LogP contribution in [0.1, 0.15) is 11.1 Å². The molecule has 0 unspecified atom stereocenters. The second-order valence-corrected chi connectivity index (χ2v) is 5.93. The molecule has 1 saturated heterocycles. The summed E-state index contributed by atoms with van der Waals surface area (Å²) in [6.07, 6.45) is 0. The summed E-state index contributed by atoms with van der Waals surface area (Å²) in [5.41, 5.74) is 2.28. The summed E-state index contributed by atoms with van der Waals surface area (Å²) in [5.74, 6) is -0.620. The standard InChI is InChI=1S/C18H20FN3O3/c19-16-5-6-17(18(11-16)22(23)24)20-12-14-3-1-2-4-15(14)13-21-7-9-25-10-8-21/h1-6,11,20H,7-10,12-13H2. The van der Waals surface area contributed by atoms with Gasteiger partial charge in [0.2, 0.25) is 0 Å². The lowest BCUT2D eigenvalue weighted by atomic mass is 10.1. The Labute approximate surface area is 145 Å². The fraction of sp³-hybridized carbons (Fsp3) is 0.333. The van der Waals surface area contributed by atoms with Crippen LogP contribution < -0.4 is 5.32 Å². The van der Waals surface area contributed by atoms with Crippen LogP contribution in [0, 0.1) is 15.9 Å². The zero-order valence-electron chi connectivity index (χ0n) is 13.8. The lowest BCUT2D eigenvalue weighted by Crippen LogP contribution is -2.35. The van der Waals surface area contributed by atoms with Crippen molar-refractivity contribution in [3.05, 3.63) is 69.5 Å². The average molecular weight is 345 g/mol. The normalized spacial score (nSPS) is 15.1. The van der Waals surface area contributed by atoms with Crippen molar-refractivity contribution >= 4 is 11.4 Å². The van der Waals surface area contributed by atoms with E-state index in [1.54, 1.807) is 0 Å². The van der Waals surface area contributed by atoms with Crippen LogP contribution in [0.2, 0.25) is 0 Å². The van der Waals surface area contributed by atoms with Crippen LogP contribution >= 0.6 is 0 Å². The van der Waals surface area contributed by atoms with Gasteiger partial charge in [-0.1, -0.05) is 24.3 Å². The van der Waals surface area contributed by atoms with E-state index in [0.717, 1.165) is 44.5 Å². The molecule has 7 heteroatoms. The number of hydrogen-bond acceptors (Lipinski definition) is 5. The minimum Gasteiger partial charge on any atom is -0.379 e. The molecule has 0 saturated carbocycles. The van der Waals surface area contributed by atoms with Crippen LogP contribution in [-0.4, -0.2) is 36.1 Å². The summed E-state index contributed by atoms with van der Waals surface area (Å²) in [4.78, 5) is 12.8. The maximum atomic E-state index is 13.2. The van der Waals surface area contributed by atoms with Crippen molar-refractivity contribution in [2.75, 3.05) is 31.6 Å². The lowest BCUT2D eigenvalue weighted by Gasteiger charge is -2.27. The molecule has 0 amide bonds. The molecule has 132 valence electrons. The first-order chi connectivity index (χ1) is 12.1. The topological polar surface area (TPSA) is 67.6 Å². The Bertz CT molecular complexity index is 748. The first-order valence-electron chi connectivity index (χ1n) is 8.18. The van der Waals surface area contributed by atoms with Crippen LogP contribution in [0.5, 0.6) is 0 Å². The summed E-state index contributed by atoms with van der Waals surface area (Å²) in [6, 6.07) is 11.5. The number of halogens is 1. The molecule has 1 aliphatic heterocycles. The molecule has 0 aromatic heterocycles. The van der Waals surface area contributed by atoms with Gasteiger partial charge in [0.05, 0.1) is 24.2 Å². The fourth-order valence-corrected chi connectivity index (χ4v) is 2.88. The van der Waals surface area contributed by atoms with E-state index in [0.29, 0.717) is 12.2 Å². The predicted octanol–water partition coefficient (Wildman–Crippen LogP) is 3.18. The molecule has 2 aromatic carbocycles. The Kier molecular flexibility index (Phi) is 5.57. The summed E-state index contributed by atoms with van der Waals surface area (Å²) >= 11 is 0. The predicted molar refractivity (Wildman–Crippen MR) is 92.9 cm³/mol. The highest BCUT2D eigenvalue weighted by Gasteiger charge is 2.16. The summed E-state index contributed by atoms with van der Waals surface area (Å²) in [5, 5.41) is 14.2. The van der Waals surface area contributed by atoms with E-state index in [-0.39, 0.29) is 5.69 Å². The highest BCUT2D eigenvalue weighted by Crippen LogP contribution is 2.26. The molecule has 0 aliphatic carbocycles. The summed E-state index contributed by atoms with van der Waals surface area (Å²) in [6.45, 7) is 4.51. The van der Waals surface area contributed by atoms with Gasteiger partial charge >= 0.3 is 0 Å². The number of nitrogens with zero attached hydrogens (tertiary/aromatic N) is 2. The van der Waals surface area contributed by atoms with Crippen LogP contribution in [-0.2, 0) is 17.8 Å². The Morgan fingerprint density at radius 3 is 2.60 bits per heavy atom. The van der Waals surface area contributed by atoms with Gasteiger partial charge in [-0.15, -0.1) is 0 Å². The van der Waals surface area contributed by atoms with E-state index in [1.165, 1.54) is 17.7 Å². The number of nitro benzene ring substituents is 1. The highest BCUT2D eigenvalue weighted by molar-refractivity contribution is 5.61. The Morgan fingerprint density at radius 1 is 1.16 bits per heavy atom. The van der Waals surface area contributed by atoms with E-state index in [9.17, 15) is 14.5 Å². The number of morpholine rings is 1. The van der Waals surface area contributed by atoms with Crippen LogP contribution in [0.4, 0.5) is 15.8 Å². The van der Waals surface area contributed by atoms with E-state index in [2.05, 4.69) is 16.3 Å². The second kappa shape index (κ2) is 8.04. The van der Waals surface area contributed by atoms with Crippen molar-refractivity contribution in [1.82, 2.24) is 4.90 Å². The number of rotatable bonds is 6. The quantitative estimate of drug-likeness (QED) is 0.643. The fourth-order valence-electron chi connectivity index (χ4n) is 2.88. The SMILES string of the molecule is O=[N+]([O-])c1cc(F)ccc1NCc1ccccc1CN1CCOCC1. The molecule has 0 atom stereocenters. The minimum atomic E-state index is -0.620. The first kappa shape index (κ1) is 17.3. The Morgan fingerprint density at radius 2 is 1.88 bits per heavy atom. The van der Waals surface area contributed by atoms with Gasteiger partial charge in [-0.3, -0.25) is 15.0 Å². The molecule has 1 N–H and O–H groups in total. The van der Waals surface area contributed by atoms with Crippen molar-refractivity contribution in [2.24, 2.45) is 0 Å². The number of nitro groups is 1. The third-order valence-corrected chi connectivity index (χ3v) is 4.24.